The smallest absolute Gasteiger partial charge is 0.263 e. The average Bonchev–Trinajstić information content (AvgIpc) is 2.97. The van der Waals surface area contributed by atoms with E-state index in [9.17, 15) is 21.6 Å². The Hall–Kier alpha value is -2.39. The van der Waals surface area contributed by atoms with Crippen LogP contribution in [0.5, 0.6) is 0 Å². The van der Waals surface area contributed by atoms with E-state index in [-0.39, 0.29) is 15.7 Å². The van der Waals surface area contributed by atoms with E-state index in [1.165, 1.54) is 31.2 Å². The molecule has 2 aromatic rings. The van der Waals surface area contributed by atoms with Crippen LogP contribution in [0, 0.1) is 0 Å². The fourth-order valence-electron chi connectivity index (χ4n) is 2.98. The topological polar surface area (TPSA) is 101 Å². The number of rotatable bonds is 4. The van der Waals surface area contributed by atoms with E-state index in [1.807, 2.05) is 0 Å². The summed E-state index contributed by atoms with van der Waals surface area (Å²) >= 11 is 0. The highest BCUT2D eigenvalue weighted by Crippen LogP contribution is 2.31. The summed E-state index contributed by atoms with van der Waals surface area (Å²) in [6.45, 7) is 2.03. The van der Waals surface area contributed by atoms with Crippen LogP contribution in [0.2, 0.25) is 0 Å². The summed E-state index contributed by atoms with van der Waals surface area (Å²) in [6, 6.07) is 10.4. The fourth-order valence-corrected chi connectivity index (χ4v) is 5.66. The van der Waals surface area contributed by atoms with Gasteiger partial charge < -0.3 is 4.90 Å². The molecule has 138 valence electrons. The van der Waals surface area contributed by atoms with Crippen LogP contribution in [0.15, 0.2) is 52.3 Å². The van der Waals surface area contributed by atoms with Crippen LogP contribution in [-0.4, -0.2) is 35.5 Å². The highest BCUT2D eigenvalue weighted by Gasteiger charge is 2.25. The predicted octanol–water partition coefficient (Wildman–Crippen LogP) is 1.80. The van der Waals surface area contributed by atoms with Crippen LogP contribution in [0.25, 0.3) is 0 Å². The number of sulfone groups is 1. The van der Waals surface area contributed by atoms with Crippen molar-refractivity contribution in [3.05, 3.63) is 48.0 Å². The number of nitrogens with one attached hydrogen (secondary N) is 1. The molecule has 0 saturated carbocycles. The maximum Gasteiger partial charge on any atom is 0.263 e. The van der Waals surface area contributed by atoms with Crippen molar-refractivity contribution >= 4 is 37.1 Å². The summed E-state index contributed by atoms with van der Waals surface area (Å²) in [5.41, 5.74) is 1.94. The van der Waals surface area contributed by atoms with Crippen molar-refractivity contribution in [2.24, 2.45) is 0 Å². The van der Waals surface area contributed by atoms with Crippen LogP contribution in [0.1, 0.15) is 12.5 Å². The van der Waals surface area contributed by atoms with Gasteiger partial charge in [-0.1, -0.05) is 12.1 Å². The van der Waals surface area contributed by atoms with E-state index in [0.29, 0.717) is 18.7 Å². The molecular formula is C17H18N2O5S2. The molecule has 0 radical (unpaired) electrons. The Morgan fingerprint density at radius 1 is 1.04 bits per heavy atom. The van der Waals surface area contributed by atoms with Gasteiger partial charge in [-0.2, -0.15) is 0 Å². The molecule has 0 bridgehead atoms. The number of benzene rings is 2. The first kappa shape index (κ1) is 18.4. The highest BCUT2D eigenvalue weighted by atomic mass is 32.2. The quantitative estimate of drug-likeness (QED) is 0.852. The maximum atomic E-state index is 12.7. The molecule has 0 spiro atoms. The Balaban J connectivity index is 1.97. The van der Waals surface area contributed by atoms with Gasteiger partial charge in [-0.25, -0.2) is 16.8 Å². The van der Waals surface area contributed by atoms with Gasteiger partial charge in [0.15, 0.2) is 9.84 Å². The molecule has 2 aromatic carbocycles. The number of anilines is 2. The second kappa shape index (κ2) is 6.40. The van der Waals surface area contributed by atoms with Gasteiger partial charge >= 0.3 is 0 Å². The largest absolute Gasteiger partial charge is 0.312 e. The molecule has 0 atom stereocenters. The Bertz CT molecular complexity index is 1090. The van der Waals surface area contributed by atoms with E-state index in [0.717, 1.165) is 17.5 Å². The first-order chi connectivity index (χ1) is 12.1. The Morgan fingerprint density at radius 3 is 2.31 bits per heavy atom. The van der Waals surface area contributed by atoms with Gasteiger partial charge in [0.25, 0.3) is 10.0 Å². The molecule has 26 heavy (non-hydrogen) atoms. The second-order valence-electron chi connectivity index (χ2n) is 6.09. The van der Waals surface area contributed by atoms with Crippen molar-refractivity contribution < 1.29 is 21.6 Å². The van der Waals surface area contributed by atoms with Crippen molar-refractivity contribution in [3.63, 3.8) is 0 Å². The van der Waals surface area contributed by atoms with Crippen LogP contribution in [0.3, 0.4) is 0 Å². The number of hydrogen-bond acceptors (Lipinski definition) is 5. The van der Waals surface area contributed by atoms with E-state index in [2.05, 4.69) is 4.72 Å². The number of sulfonamides is 1. The minimum absolute atomic E-state index is 0.0702. The molecule has 1 aliphatic rings. The molecule has 1 amide bonds. The minimum Gasteiger partial charge on any atom is -0.312 e. The van der Waals surface area contributed by atoms with Gasteiger partial charge in [-0.3, -0.25) is 9.52 Å². The number of fused-ring (bicyclic) bond motifs is 1. The summed E-state index contributed by atoms with van der Waals surface area (Å²) in [7, 11) is -7.78. The van der Waals surface area contributed by atoms with Crippen molar-refractivity contribution in [2.45, 2.75) is 23.1 Å². The molecule has 1 heterocycles. The second-order valence-corrected chi connectivity index (χ2v) is 9.72. The Morgan fingerprint density at radius 2 is 1.69 bits per heavy atom. The van der Waals surface area contributed by atoms with Crippen LogP contribution in [0.4, 0.5) is 11.4 Å². The monoisotopic (exact) mass is 394 g/mol. The normalized spacial score (nSPS) is 14.2. The zero-order chi connectivity index (χ0) is 19.1. The van der Waals surface area contributed by atoms with E-state index < -0.39 is 19.9 Å². The SMILES string of the molecule is CC(=O)N1CCc2cc(NS(=O)(=O)c3ccccc3S(C)(=O)=O)ccc21. The summed E-state index contributed by atoms with van der Waals surface area (Å²) in [5.74, 6) is -0.0702. The zero-order valence-electron chi connectivity index (χ0n) is 14.3. The number of carbonyl (C=O) groups is 1. The first-order valence-corrected chi connectivity index (χ1v) is 11.2. The van der Waals surface area contributed by atoms with Crippen molar-refractivity contribution in [2.75, 3.05) is 22.4 Å². The third-order valence-electron chi connectivity index (χ3n) is 4.15. The number of carbonyl (C=O) groups excluding carboxylic acids is 1. The van der Waals surface area contributed by atoms with E-state index >= 15 is 0 Å². The van der Waals surface area contributed by atoms with Gasteiger partial charge in [-0.15, -0.1) is 0 Å². The lowest BCUT2D eigenvalue weighted by atomic mass is 10.1. The summed E-state index contributed by atoms with van der Waals surface area (Å²) in [4.78, 5) is 12.7. The molecule has 1 N–H and O–H groups in total. The van der Waals surface area contributed by atoms with Crippen molar-refractivity contribution in [1.82, 2.24) is 0 Å². The minimum atomic E-state index is -4.08. The molecule has 3 rings (SSSR count). The highest BCUT2D eigenvalue weighted by molar-refractivity contribution is 7.95. The van der Waals surface area contributed by atoms with Gasteiger partial charge in [-0.05, 0) is 42.3 Å². The Kier molecular flexibility index (Phi) is 4.53. The summed E-state index contributed by atoms with van der Waals surface area (Å²) < 4.78 is 51.6. The zero-order valence-corrected chi connectivity index (χ0v) is 15.9. The lowest BCUT2D eigenvalue weighted by molar-refractivity contribution is -0.116. The van der Waals surface area contributed by atoms with Crippen LogP contribution < -0.4 is 9.62 Å². The molecular weight excluding hydrogens is 376 g/mol. The molecule has 0 fully saturated rings. The molecule has 0 aliphatic carbocycles. The van der Waals surface area contributed by atoms with Gasteiger partial charge in [0.05, 0.1) is 4.90 Å². The number of hydrogen-bond donors (Lipinski definition) is 1. The number of amides is 1. The predicted molar refractivity (Wildman–Crippen MR) is 98.5 cm³/mol. The molecule has 0 aromatic heterocycles. The molecule has 0 unspecified atom stereocenters. The Labute approximate surface area is 152 Å². The summed E-state index contributed by atoms with van der Waals surface area (Å²) in [6.07, 6.45) is 1.59. The maximum absolute atomic E-state index is 12.7. The van der Waals surface area contributed by atoms with Gasteiger partial charge in [0.1, 0.15) is 4.90 Å². The van der Waals surface area contributed by atoms with Crippen molar-refractivity contribution in [3.8, 4) is 0 Å². The van der Waals surface area contributed by atoms with Crippen LogP contribution >= 0.6 is 0 Å². The third kappa shape index (κ3) is 3.45. The summed E-state index contributed by atoms with van der Waals surface area (Å²) in [5, 5.41) is 0. The fraction of sp³-hybridized carbons (Fsp3) is 0.235. The molecule has 9 heteroatoms. The van der Waals surface area contributed by atoms with Crippen LogP contribution in [-0.2, 0) is 31.1 Å². The van der Waals surface area contributed by atoms with E-state index in [1.54, 1.807) is 23.1 Å². The average molecular weight is 394 g/mol. The van der Waals surface area contributed by atoms with Crippen molar-refractivity contribution in [1.29, 1.82) is 0 Å². The molecule has 7 nitrogen and oxygen atoms in total. The van der Waals surface area contributed by atoms with Gasteiger partial charge in [0.2, 0.25) is 5.91 Å². The first-order valence-electron chi connectivity index (χ1n) is 7.82. The number of nitrogens with zero attached hydrogens (tertiary/aromatic N) is 1. The standard InChI is InChI=1S/C17H18N2O5S2/c1-12(20)19-10-9-13-11-14(7-8-15(13)19)18-26(23,24)17-6-4-3-5-16(17)25(2,21)22/h3-8,11,18H,9-10H2,1-2H3. The molecule has 1 aliphatic heterocycles. The van der Waals surface area contributed by atoms with Gasteiger partial charge in [0, 0.05) is 31.1 Å². The lowest BCUT2D eigenvalue weighted by Gasteiger charge is -2.15. The lowest BCUT2D eigenvalue weighted by Crippen LogP contribution is -2.25. The van der Waals surface area contributed by atoms with E-state index in [4.69, 9.17) is 0 Å². The third-order valence-corrected chi connectivity index (χ3v) is 6.87. The molecule has 0 saturated heterocycles.